The minimum absolute atomic E-state index is 0.258. The molecule has 0 aliphatic heterocycles. The Labute approximate surface area is 162 Å². The fourth-order valence-electron chi connectivity index (χ4n) is 2.62. The van der Waals surface area contributed by atoms with Crippen LogP contribution in [0.3, 0.4) is 0 Å². The molecule has 0 N–H and O–H groups in total. The Balaban J connectivity index is 3.51. The summed E-state index contributed by atoms with van der Waals surface area (Å²) in [5, 5.41) is 0.879. The highest BCUT2D eigenvalue weighted by atomic mass is 16.4. The van der Waals surface area contributed by atoms with E-state index in [1.54, 1.807) is 18.2 Å². The summed E-state index contributed by atoms with van der Waals surface area (Å²) in [6.07, 6.45) is 16.3. The highest BCUT2D eigenvalue weighted by Crippen LogP contribution is 2.28. The summed E-state index contributed by atoms with van der Waals surface area (Å²) in [5.41, 5.74) is 1.82. The van der Waals surface area contributed by atoms with E-state index in [0.29, 0.717) is 10.6 Å². The van der Waals surface area contributed by atoms with E-state index in [9.17, 15) is 4.79 Å². The predicted octanol–water partition coefficient (Wildman–Crippen LogP) is 4.70. The Morgan fingerprint density at radius 3 is 2.41 bits per heavy atom. The molecule has 144 valence electrons. The van der Waals surface area contributed by atoms with Gasteiger partial charge < -0.3 is 4.42 Å². The maximum Gasteiger partial charge on any atom is 0.347 e. The molecule has 0 amide bonds. The van der Waals surface area contributed by atoms with Crippen molar-refractivity contribution in [2.75, 3.05) is 0 Å². The van der Waals surface area contributed by atoms with Crippen LogP contribution in [-0.4, -0.2) is 4.98 Å². The molecular formula is C24H31NO2. The third-order valence-electron chi connectivity index (χ3n) is 4.32. The molecule has 27 heavy (non-hydrogen) atoms. The predicted molar refractivity (Wildman–Crippen MR) is 117 cm³/mol. The van der Waals surface area contributed by atoms with Crippen LogP contribution in [0.4, 0.5) is 0 Å². The average Bonchev–Trinajstić information content (AvgIpc) is 2.61. The van der Waals surface area contributed by atoms with Crippen LogP contribution < -0.4 is 16.2 Å². The molecule has 0 radical (unpaired) electrons. The number of aromatic nitrogens is 1. The Morgan fingerprint density at radius 1 is 1.19 bits per heavy atom. The van der Waals surface area contributed by atoms with Crippen LogP contribution in [-0.2, 0) is 0 Å². The zero-order chi connectivity index (χ0) is 20.4. The van der Waals surface area contributed by atoms with Crippen LogP contribution in [0.2, 0.25) is 0 Å². The lowest BCUT2D eigenvalue weighted by Crippen LogP contribution is -2.41. The molecule has 0 fully saturated rings. The molecule has 3 nitrogen and oxygen atoms in total. The van der Waals surface area contributed by atoms with Gasteiger partial charge in [0, 0.05) is 5.57 Å². The van der Waals surface area contributed by atoms with Gasteiger partial charge in [0.1, 0.15) is 0 Å². The van der Waals surface area contributed by atoms with Gasteiger partial charge in [-0.05, 0) is 43.9 Å². The summed E-state index contributed by atoms with van der Waals surface area (Å²) in [6.45, 7) is 18.1. The van der Waals surface area contributed by atoms with Gasteiger partial charge in [-0.2, -0.15) is 0 Å². The van der Waals surface area contributed by atoms with Gasteiger partial charge in [-0.15, -0.1) is 0 Å². The number of hydrogen-bond donors (Lipinski definition) is 0. The van der Waals surface area contributed by atoms with Gasteiger partial charge in [-0.3, -0.25) is 0 Å². The summed E-state index contributed by atoms with van der Waals surface area (Å²) in [5.74, 6) is 0.284. The largest absolute Gasteiger partial charge is 0.403 e. The molecule has 1 aromatic heterocycles. The lowest BCUT2D eigenvalue weighted by atomic mass is 9.83. The van der Waals surface area contributed by atoms with Gasteiger partial charge in [0.05, 0.1) is 10.6 Å². The summed E-state index contributed by atoms with van der Waals surface area (Å²) in [6, 6.07) is 0. The molecule has 0 aliphatic carbocycles. The molecular weight excluding hydrogens is 334 g/mol. The molecule has 0 saturated carbocycles. The molecule has 3 heteroatoms. The van der Waals surface area contributed by atoms with Crippen molar-refractivity contribution in [3.8, 4) is 0 Å². The molecule has 0 unspecified atom stereocenters. The Morgan fingerprint density at radius 2 is 1.85 bits per heavy atom. The van der Waals surface area contributed by atoms with E-state index in [0.717, 1.165) is 18.4 Å². The molecule has 0 aromatic carbocycles. The smallest absolute Gasteiger partial charge is 0.347 e. The van der Waals surface area contributed by atoms with Crippen molar-refractivity contribution in [1.29, 1.82) is 0 Å². The number of nitrogens with zero attached hydrogens (tertiary/aromatic N) is 1. The average molecular weight is 366 g/mol. The van der Waals surface area contributed by atoms with E-state index < -0.39 is 5.63 Å². The van der Waals surface area contributed by atoms with Gasteiger partial charge in [-0.25, -0.2) is 9.78 Å². The third kappa shape index (κ3) is 6.86. The number of hydrogen-bond acceptors (Lipinski definition) is 3. The van der Waals surface area contributed by atoms with E-state index in [4.69, 9.17) is 4.42 Å². The van der Waals surface area contributed by atoms with Gasteiger partial charge in [0.15, 0.2) is 0 Å². The monoisotopic (exact) mass is 365 g/mol. The van der Waals surface area contributed by atoms with Crippen LogP contribution in [0.15, 0.2) is 64.4 Å². The van der Waals surface area contributed by atoms with Crippen LogP contribution in [0.25, 0.3) is 17.7 Å². The summed E-state index contributed by atoms with van der Waals surface area (Å²) in [4.78, 5) is 16.9. The minimum atomic E-state index is -0.448. The second-order valence-corrected chi connectivity index (χ2v) is 7.24. The van der Waals surface area contributed by atoms with Crippen molar-refractivity contribution in [2.24, 2.45) is 5.41 Å². The topological polar surface area (TPSA) is 43.1 Å². The molecule has 1 aromatic rings. The van der Waals surface area contributed by atoms with Gasteiger partial charge in [0.25, 0.3) is 0 Å². The van der Waals surface area contributed by atoms with E-state index >= 15 is 0 Å². The van der Waals surface area contributed by atoms with E-state index in [-0.39, 0.29) is 11.3 Å². The van der Waals surface area contributed by atoms with Crippen LogP contribution in [0.5, 0.6) is 0 Å². The van der Waals surface area contributed by atoms with Crippen LogP contribution in [0, 0.1) is 5.41 Å². The zero-order valence-corrected chi connectivity index (χ0v) is 17.2. The highest BCUT2D eigenvalue weighted by Gasteiger charge is 2.15. The van der Waals surface area contributed by atoms with Crippen molar-refractivity contribution in [3.05, 3.63) is 82.1 Å². The molecule has 0 spiro atoms. The Kier molecular flexibility index (Phi) is 8.67. The first-order chi connectivity index (χ1) is 12.8. The molecule has 0 saturated heterocycles. The summed E-state index contributed by atoms with van der Waals surface area (Å²) < 4.78 is 5.47. The van der Waals surface area contributed by atoms with E-state index in [1.165, 1.54) is 11.6 Å². The summed E-state index contributed by atoms with van der Waals surface area (Å²) in [7, 11) is 0. The standard InChI is InChI=1S/C24H31NO2/c1-8-12-19(16-15-18(5)17-24(6,7)11-4)22-25-21(14-10-3)20(13-9-2)23(26)27-22/h8-10,12-16H,2-3,11,17H2,1,4-7H3/b12-8-,18-15+,19-16+,20-13+,21-14+. The van der Waals surface area contributed by atoms with E-state index in [2.05, 4.69) is 51.9 Å². The second kappa shape index (κ2) is 10.5. The fourth-order valence-corrected chi connectivity index (χ4v) is 2.62. The third-order valence-corrected chi connectivity index (χ3v) is 4.32. The van der Waals surface area contributed by atoms with Gasteiger partial charge >= 0.3 is 5.63 Å². The quantitative estimate of drug-likeness (QED) is 0.627. The Hall–Kier alpha value is -2.68. The Bertz CT molecular complexity index is 938. The first-order valence-corrected chi connectivity index (χ1v) is 9.25. The molecule has 1 rings (SSSR count). The second-order valence-electron chi connectivity index (χ2n) is 7.24. The molecule has 1 heterocycles. The lowest BCUT2D eigenvalue weighted by Gasteiger charge is -2.22. The number of rotatable bonds is 8. The lowest BCUT2D eigenvalue weighted by molar-refractivity contribution is 0.348. The van der Waals surface area contributed by atoms with Crippen LogP contribution >= 0.6 is 0 Å². The van der Waals surface area contributed by atoms with Crippen LogP contribution in [0.1, 0.15) is 53.4 Å². The van der Waals surface area contributed by atoms with Crippen molar-refractivity contribution < 1.29 is 4.42 Å². The van der Waals surface area contributed by atoms with Crippen molar-refractivity contribution in [3.63, 3.8) is 0 Å². The van der Waals surface area contributed by atoms with Crippen molar-refractivity contribution in [2.45, 2.75) is 47.5 Å². The zero-order valence-electron chi connectivity index (χ0n) is 17.2. The van der Waals surface area contributed by atoms with E-state index in [1.807, 2.05) is 25.2 Å². The van der Waals surface area contributed by atoms with Gasteiger partial charge in [0.2, 0.25) is 5.89 Å². The SMILES string of the molecule is C=C/C=c1/nc(C(/C=C\C)=C/C=C(\C)CC(C)(C)CC)oc(=O)/c1=C/C=C. The first kappa shape index (κ1) is 22.4. The maximum absolute atomic E-state index is 12.4. The maximum atomic E-state index is 12.4. The fraction of sp³-hybridized carbons (Fsp3) is 0.333. The normalized spacial score (nSPS) is 14.9. The molecule has 0 atom stereocenters. The van der Waals surface area contributed by atoms with Crippen molar-refractivity contribution in [1.82, 2.24) is 4.98 Å². The first-order valence-electron chi connectivity index (χ1n) is 9.25. The highest BCUT2D eigenvalue weighted by molar-refractivity contribution is 5.70. The molecule has 0 aliphatic rings. The van der Waals surface area contributed by atoms with Gasteiger partial charge in [-0.1, -0.05) is 76.3 Å². The summed E-state index contributed by atoms with van der Waals surface area (Å²) >= 11 is 0. The molecule has 0 bridgehead atoms. The minimum Gasteiger partial charge on any atom is -0.403 e. The number of allylic oxidation sites excluding steroid dienone is 8. The van der Waals surface area contributed by atoms with Crippen molar-refractivity contribution >= 4 is 17.7 Å².